The molecule has 0 bridgehead atoms. The van der Waals surface area contributed by atoms with Crippen LogP contribution in [0, 0.1) is 0 Å². The zero-order chi connectivity index (χ0) is 16.5. The van der Waals surface area contributed by atoms with Crippen LogP contribution in [-0.2, 0) is 11.3 Å². The van der Waals surface area contributed by atoms with E-state index in [1.54, 1.807) is 18.2 Å². The number of hydrogen-bond acceptors (Lipinski definition) is 4. The molecule has 0 fully saturated rings. The third-order valence-corrected chi connectivity index (χ3v) is 2.91. The Hall–Kier alpha value is -3.02. The maximum Gasteiger partial charge on any atom is 0.407 e. The Morgan fingerprint density at radius 3 is 2.65 bits per heavy atom. The van der Waals surface area contributed by atoms with Crippen molar-refractivity contribution in [2.75, 3.05) is 6.54 Å². The molecule has 0 saturated heterocycles. The van der Waals surface area contributed by atoms with E-state index in [-0.39, 0.29) is 12.4 Å². The van der Waals surface area contributed by atoms with Gasteiger partial charge in [0.05, 0.1) is 0 Å². The molecule has 0 saturated carbocycles. The van der Waals surface area contributed by atoms with Crippen LogP contribution in [0.5, 0.6) is 0 Å². The minimum atomic E-state index is -1.10. The lowest BCUT2D eigenvalue weighted by Gasteiger charge is -2.05. The summed E-state index contributed by atoms with van der Waals surface area (Å²) in [6.45, 7) is 0.642. The van der Waals surface area contributed by atoms with E-state index in [4.69, 9.17) is 14.3 Å². The first-order valence-corrected chi connectivity index (χ1v) is 7.09. The number of furan rings is 1. The highest BCUT2D eigenvalue weighted by Crippen LogP contribution is 2.09. The van der Waals surface area contributed by atoms with Crippen molar-refractivity contribution in [3.05, 3.63) is 65.6 Å². The number of hydrogen-bond donors (Lipinski definition) is 2. The second-order valence-electron chi connectivity index (χ2n) is 4.69. The van der Waals surface area contributed by atoms with Gasteiger partial charge in [0, 0.05) is 6.54 Å². The quantitative estimate of drug-likeness (QED) is 0.765. The van der Waals surface area contributed by atoms with Crippen LogP contribution in [0.3, 0.4) is 0 Å². The summed E-state index contributed by atoms with van der Waals surface area (Å²) >= 11 is 0. The van der Waals surface area contributed by atoms with Crippen molar-refractivity contribution in [2.24, 2.45) is 0 Å². The minimum absolute atomic E-state index is 0.104. The Balaban J connectivity index is 1.63. The molecule has 1 aromatic heterocycles. The molecule has 1 heterocycles. The molecule has 0 unspecified atom stereocenters. The normalized spacial score (nSPS) is 10.6. The molecule has 2 aromatic rings. The van der Waals surface area contributed by atoms with Crippen LogP contribution in [0.25, 0.3) is 6.08 Å². The smallest absolute Gasteiger partial charge is 0.407 e. The van der Waals surface area contributed by atoms with Crippen molar-refractivity contribution < 1.29 is 23.8 Å². The van der Waals surface area contributed by atoms with Gasteiger partial charge in [-0.15, -0.1) is 0 Å². The summed E-state index contributed by atoms with van der Waals surface area (Å²) in [5, 5.41) is 11.3. The highest BCUT2D eigenvalue weighted by Gasteiger charge is 2.06. The van der Waals surface area contributed by atoms with Gasteiger partial charge in [0.1, 0.15) is 12.4 Å². The number of benzene rings is 1. The monoisotopic (exact) mass is 315 g/mol. The summed E-state index contributed by atoms with van der Waals surface area (Å²) in [5.74, 6) is -0.756. The topological polar surface area (TPSA) is 88.8 Å². The Morgan fingerprint density at radius 2 is 1.96 bits per heavy atom. The number of amides is 1. The molecule has 0 aliphatic carbocycles. The molecule has 1 amide bonds. The first-order chi connectivity index (χ1) is 11.1. The van der Waals surface area contributed by atoms with Crippen molar-refractivity contribution >= 4 is 18.1 Å². The summed E-state index contributed by atoms with van der Waals surface area (Å²) in [6, 6.07) is 12.4. The molecule has 6 heteroatoms. The number of rotatable bonds is 7. The summed E-state index contributed by atoms with van der Waals surface area (Å²) < 4.78 is 10.1. The van der Waals surface area contributed by atoms with Gasteiger partial charge < -0.3 is 19.6 Å². The molecule has 0 atom stereocenters. The van der Waals surface area contributed by atoms with Gasteiger partial charge in [-0.05, 0) is 30.2 Å². The van der Waals surface area contributed by atoms with Gasteiger partial charge in [-0.3, -0.25) is 0 Å². The van der Waals surface area contributed by atoms with Crippen molar-refractivity contribution in [1.29, 1.82) is 0 Å². The number of aromatic carboxylic acids is 1. The fourth-order valence-electron chi connectivity index (χ4n) is 1.79. The Morgan fingerprint density at radius 1 is 1.17 bits per heavy atom. The molecule has 120 valence electrons. The second kappa shape index (κ2) is 8.43. The van der Waals surface area contributed by atoms with Crippen molar-refractivity contribution in [3.8, 4) is 0 Å². The van der Waals surface area contributed by atoms with Crippen LogP contribution in [0.2, 0.25) is 0 Å². The SMILES string of the molecule is O=C(NCCC=Cc1ccc(C(=O)O)o1)OCc1ccccc1. The summed E-state index contributed by atoms with van der Waals surface area (Å²) in [7, 11) is 0. The van der Waals surface area contributed by atoms with Gasteiger partial charge in [-0.2, -0.15) is 0 Å². The van der Waals surface area contributed by atoms with E-state index in [1.165, 1.54) is 6.07 Å². The average molecular weight is 315 g/mol. The third kappa shape index (κ3) is 5.70. The molecule has 2 rings (SSSR count). The molecule has 0 aliphatic rings. The molecule has 0 aliphatic heterocycles. The van der Waals surface area contributed by atoms with Gasteiger partial charge in [0.15, 0.2) is 0 Å². The molecule has 0 spiro atoms. The van der Waals surface area contributed by atoms with E-state index in [2.05, 4.69) is 5.32 Å². The van der Waals surface area contributed by atoms with Crippen LogP contribution < -0.4 is 5.32 Å². The number of alkyl carbamates (subject to hydrolysis) is 1. The van der Waals surface area contributed by atoms with Crippen LogP contribution in [0.4, 0.5) is 4.79 Å². The molecule has 2 N–H and O–H groups in total. The van der Waals surface area contributed by atoms with Crippen LogP contribution >= 0.6 is 0 Å². The zero-order valence-corrected chi connectivity index (χ0v) is 12.4. The second-order valence-corrected chi connectivity index (χ2v) is 4.69. The van der Waals surface area contributed by atoms with Gasteiger partial charge in [0.2, 0.25) is 5.76 Å². The number of carboxylic acid groups (broad SMARTS) is 1. The first-order valence-electron chi connectivity index (χ1n) is 7.09. The predicted octanol–water partition coefficient (Wildman–Crippen LogP) is 3.31. The van der Waals surface area contributed by atoms with Crippen LogP contribution in [0.1, 0.15) is 28.3 Å². The van der Waals surface area contributed by atoms with Gasteiger partial charge in [-0.1, -0.05) is 36.4 Å². The highest BCUT2D eigenvalue weighted by molar-refractivity contribution is 5.84. The summed E-state index contributed by atoms with van der Waals surface area (Å²) in [5.41, 5.74) is 0.926. The summed E-state index contributed by atoms with van der Waals surface area (Å²) in [6.07, 6.45) is 3.53. The van der Waals surface area contributed by atoms with E-state index in [0.29, 0.717) is 18.7 Å². The molecular formula is C17H17NO5. The lowest BCUT2D eigenvalue weighted by atomic mass is 10.2. The molecule has 6 nitrogen and oxygen atoms in total. The first kappa shape index (κ1) is 16.4. The minimum Gasteiger partial charge on any atom is -0.475 e. The zero-order valence-electron chi connectivity index (χ0n) is 12.4. The molecule has 23 heavy (non-hydrogen) atoms. The predicted molar refractivity (Wildman–Crippen MR) is 83.9 cm³/mol. The van der Waals surface area contributed by atoms with Crippen molar-refractivity contribution in [3.63, 3.8) is 0 Å². The van der Waals surface area contributed by atoms with Crippen LogP contribution in [0.15, 0.2) is 53.0 Å². The van der Waals surface area contributed by atoms with E-state index < -0.39 is 12.1 Å². The average Bonchev–Trinajstić information content (AvgIpc) is 3.03. The number of nitrogens with one attached hydrogen (secondary N) is 1. The summed E-state index contributed by atoms with van der Waals surface area (Å²) in [4.78, 5) is 22.1. The highest BCUT2D eigenvalue weighted by atomic mass is 16.5. The van der Waals surface area contributed by atoms with Gasteiger partial charge in [-0.25, -0.2) is 9.59 Å². The Kier molecular flexibility index (Phi) is 5.99. The van der Waals surface area contributed by atoms with E-state index in [1.807, 2.05) is 30.3 Å². The standard InChI is InChI=1S/C17H17NO5/c19-16(20)15-10-9-14(23-15)8-4-5-11-18-17(21)22-12-13-6-2-1-3-7-13/h1-4,6-10H,5,11-12H2,(H,18,21)(H,19,20). The van der Waals surface area contributed by atoms with Crippen molar-refractivity contribution in [1.82, 2.24) is 5.32 Å². The van der Waals surface area contributed by atoms with Gasteiger partial charge in [0.25, 0.3) is 0 Å². The molecule has 0 radical (unpaired) electrons. The fourth-order valence-corrected chi connectivity index (χ4v) is 1.79. The largest absolute Gasteiger partial charge is 0.475 e. The van der Waals surface area contributed by atoms with E-state index >= 15 is 0 Å². The lowest BCUT2D eigenvalue weighted by Crippen LogP contribution is -2.24. The molecule has 1 aromatic carbocycles. The number of carbonyl (C=O) groups excluding carboxylic acids is 1. The van der Waals surface area contributed by atoms with E-state index in [9.17, 15) is 9.59 Å². The third-order valence-electron chi connectivity index (χ3n) is 2.91. The number of ether oxygens (including phenoxy) is 1. The Labute approximate surface area is 133 Å². The maximum absolute atomic E-state index is 11.5. The maximum atomic E-state index is 11.5. The van der Waals surface area contributed by atoms with E-state index in [0.717, 1.165) is 5.56 Å². The number of carboxylic acids is 1. The van der Waals surface area contributed by atoms with Crippen LogP contribution in [-0.4, -0.2) is 23.7 Å². The van der Waals surface area contributed by atoms with Gasteiger partial charge >= 0.3 is 12.1 Å². The fraction of sp³-hybridized carbons (Fsp3) is 0.176. The molecular weight excluding hydrogens is 298 g/mol. The van der Waals surface area contributed by atoms with Crippen molar-refractivity contribution in [2.45, 2.75) is 13.0 Å². The number of carbonyl (C=O) groups is 2. The lowest BCUT2D eigenvalue weighted by molar-refractivity contribution is 0.0662. The Bertz CT molecular complexity index is 675.